The molecule has 0 spiro atoms. The molecule has 0 aliphatic rings. The van der Waals surface area contributed by atoms with E-state index >= 15 is 0 Å². The zero-order chi connectivity index (χ0) is 22.5. The average Bonchev–Trinajstić information content (AvgIpc) is 3.23. The normalized spacial score (nSPS) is 12.3. The van der Waals surface area contributed by atoms with E-state index in [1.807, 2.05) is 13.0 Å². The van der Waals surface area contributed by atoms with Crippen molar-refractivity contribution in [2.75, 3.05) is 20.3 Å². The van der Waals surface area contributed by atoms with E-state index in [0.29, 0.717) is 28.9 Å². The number of benzene rings is 1. The minimum atomic E-state index is -1.02. The molecule has 0 amide bonds. The lowest BCUT2D eigenvalue weighted by Crippen LogP contribution is -2.21. The minimum Gasteiger partial charge on any atom is -0.493 e. The quantitative estimate of drug-likeness (QED) is 0.510. The van der Waals surface area contributed by atoms with Gasteiger partial charge >= 0.3 is 0 Å². The van der Waals surface area contributed by atoms with Gasteiger partial charge in [-0.3, -0.25) is 4.98 Å². The van der Waals surface area contributed by atoms with Gasteiger partial charge < -0.3 is 24.2 Å². The number of halogens is 1. The van der Waals surface area contributed by atoms with E-state index in [2.05, 4.69) is 29.0 Å². The van der Waals surface area contributed by atoms with Gasteiger partial charge in [0.2, 0.25) is 5.82 Å². The Kier molecular flexibility index (Phi) is 7.48. The predicted octanol–water partition coefficient (Wildman–Crippen LogP) is 3.70. The van der Waals surface area contributed by atoms with Gasteiger partial charge in [-0.15, -0.1) is 0 Å². The molecular weight excluding hydrogens is 422 g/mol. The summed E-state index contributed by atoms with van der Waals surface area (Å²) in [5.41, 5.74) is 3.44. The lowest BCUT2D eigenvalue weighted by atomic mass is 10.0. The highest BCUT2D eigenvalue weighted by Crippen LogP contribution is 2.39. The van der Waals surface area contributed by atoms with Crippen LogP contribution < -0.4 is 9.47 Å². The van der Waals surface area contributed by atoms with Gasteiger partial charge in [0.25, 0.3) is 5.89 Å². The molecule has 0 fully saturated rings. The van der Waals surface area contributed by atoms with E-state index in [1.165, 1.54) is 7.11 Å². The van der Waals surface area contributed by atoms with Crippen LogP contribution in [0.25, 0.3) is 22.8 Å². The highest BCUT2D eigenvalue weighted by atomic mass is 35.5. The Morgan fingerprint density at radius 3 is 2.61 bits per heavy atom. The average molecular weight is 448 g/mol. The van der Waals surface area contributed by atoms with E-state index in [0.717, 1.165) is 23.2 Å². The van der Waals surface area contributed by atoms with Crippen LogP contribution in [-0.4, -0.2) is 51.8 Å². The summed E-state index contributed by atoms with van der Waals surface area (Å²) in [6.45, 7) is 5.78. The molecule has 166 valence electrons. The van der Waals surface area contributed by atoms with Crippen LogP contribution in [0.5, 0.6) is 11.5 Å². The number of methoxy groups -OCH3 is 1. The lowest BCUT2D eigenvalue weighted by molar-refractivity contribution is 0.0528. The Bertz CT molecular complexity index is 1040. The number of hydrogen-bond acceptors (Lipinski definition) is 8. The second-order valence-corrected chi connectivity index (χ2v) is 8.05. The van der Waals surface area contributed by atoms with E-state index in [-0.39, 0.29) is 17.4 Å². The molecule has 0 bridgehead atoms. The van der Waals surface area contributed by atoms with Crippen LogP contribution in [0.3, 0.4) is 0 Å². The highest BCUT2D eigenvalue weighted by molar-refractivity contribution is 6.32. The predicted molar refractivity (Wildman–Crippen MR) is 116 cm³/mol. The lowest BCUT2D eigenvalue weighted by Gasteiger charge is -2.15. The molecule has 0 saturated carbocycles. The third-order valence-electron chi connectivity index (χ3n) is 4.58. The Labute approximate surface area is 185 Å². The molecule has 31 heavy (non-hydrogen) atoms. The first-order valence-electron chi connectivity index (χ1n) is 9.91. The monoisotopic (exact) mass is 447 g/mol. The number of pyridine rings is 1. The Hall–Kier alpha value is -2.68. The van der Waals surface area contributed by atoms with E-state index in [9.17, 15) is 5.11 Å². The molecule has 3 aromatic rings. The van der Waals surface area contributed by atoms with E-state index in [4.69, 9.17) is 30.7 Å². The first-order valence-corrected chi connectivity index (χ1v) is 10.3. The van der Waals surface area contributed by atoms with Crippen LogP contribution >= 0.6 is 11.6 Å². The van der Waals surface area contributed by atoms with Crippen LogP contribution in [0.4, 0.5) is 0 Å². The van der Waals surface area contributed by atoms with Crippen molar-refractivity contribution >= 4 is 11.6 Å². The van der Waals surface area contributed by atoms with Gasteiger partial charge in [0.1, 0.15) is 12.7 Å². The number of nitrogens with zero attached hydrogens (tertiary/aromatic N) is 3. The summed E-state index contributed by atoms with van der Waals surface area (Å²) < 4.78 is 16.3. The SMILES string of the molecule is COc1cc(-c2noc(-c3cnc(CC(C)C)c(C)c3)n2)cc(Cl)c1OC[C@@H](O)CO. The zero-order valence-corrected chi connectivity index (χ0v) is 18.7. The molecule has 0 saturated heterocycles. The fourth-order valence-electron chi connectivity index (χ4n) is 3.00. The molecular formula is C22H26ClN3O5. The Balaban J connectivity index is 1.87. The fraction of sp³-hybridized carbons (Fsp3) is 0.409. The molecule has 8 nitrogen and oxygen atoms in total. The van der Waals surface area contributed by atoms with Crippen LogP contribution in [-0.2, 0) is 6.42 Å². The van der Waals surface area contributed by atoms with Crippen molar-refractivity contribution in [1.29, 1.82) is 0 Å². The van der Waals surface area contributed by atoms with Gasteiger partial charge in [0.15, 0.2) is 11.5 Å². The van der Waals surface area contributed by atoms with Crippen LogP contribution in [0.1, 0.15) is 25.1 Å². The van der Waals surface area contributed by atoms with Crippen molar-refractivity contribution in [3.8, 4) is 34.3 Å². The molecule has 3 rings (SSSR count). The van der Waals surface area contributed by atoms with Crippen molar-refractivity contribution in [3.63, 3.8) is 0 Å². The van der Waals surface area contributed by atoms with Gasteiger partial charge in [-0.05, 0) is 43.0 Å². The third kappa shape index (κ3) is 5.52. The smallest absolute Gasteiger partial charge is 0.259 e. The van der Waals surface area contributed by atoms with Crippen molar-refractivity contribution in [2.45, 2.75) is 33.3 Å². The Morgan fingerprint density at radius 2 is 1.97 bits per heavy atom. The maximum Gasteiger partial charge on any atom is 0.259 e. The van der Waals surface area contributed by atoms with Crippen molar-refractivity contribution in [1.82, 2.24) is 15.1 Å². The zero-order valence-electron chi connectivity index (χ0n) is 17.9. The summed E-state index contributed by atoms with van der Waals surface area (Å²) >= 11 is 6.35. The van der Waals surface area contributed by atoms with Gasteiger partial charge in [-0.2, -0.15) is 4.98 Å². The number of aryl methyl sites for hydroxylation is 1. The summed E-state index contributed by atoms with van der Waals surface area (Å²) in [4.78, 5) is 9.02. The molecule has 1 atom stereocenters. The molecule has 0 unspecified atom stereocenters. The van der Waals surface area contributed by atoms with Gasteiger partial charge in [-0.25, -0.2) is 0 Å². The minimum absolute atomic E-state index is 0.128. The second kappa shape index (κ2) is 10.1. The van der Waals surface area contributed by atoms with Gasteiger partial charge in [0, 0.05) is 17.5 Å². The fourth-order valence-corrected chi connectivity index (χ4v) is 3.26. The van der Waals surface area contributed by atoms with E-state index < -0.39 is 12.7 Å². The molecule has 2 aromatic heterocycles. The van der Waals surface area contributed by atoms with Crippen molar-refractivity contribution in [3.05, 3.63) is 40.7 Å². The number of aliphatic hydroxyl groups is 2. The van der Waals surface area contributed by atoms with Crippen molar-refractivity contribution in [2.24, 2.45) is 5.92 Å². The van der Waals surface area contributed by atoms with Crippen LogP contribution in [0.15, 0.2) is 28.9 Å². The van der Waals surface area contributed by atoms with Gasteiger partial charge in [0.05, 0.1) is 24.3 Å². The first-order chi connectivity index (χ1) is 14.8. The molecule has 9 heteroatoms. The summed E-state index contributed by atoms with van der Waals surface area (Å²) in [6.07, 6.45) is 1.62. The molecule has 0 aliphatic heterocycles. The third-order valence-corrected chi connectivity index (χ3v) is 4.86. The summed E-state index contributed by atoms with van der Waals surface area (Å²) in [5, 5.41) is 22.7. The number of aromatic nitrogens is 3. The maximum absolute atomic E-state index is 9.50. The topological polar surface area (TPSA) is 111 Å². The molecule has 2 heterocycles. The second-order valence-electron chi connectivity index (χ2n) is 7.65. The molecule has 2 N–H and O–H groups in total. The Morgan fingerprint density at radius 1 is 1.19 bits per heavy atom. The summed E-state index contributed by atoms with van der Waals surface area (Å²) in [6, 6.07) is 5.27. The van der Waals surface area contributed by atoms with Gasteiger partial charge in [-0.1, -0.05) is 30.6 Å². The number of aliphatic hydroxyl groups excluding tert-OH is 2. The molecule has 0 aliphatic carbocycles. The number of ether oxygens (including phenoxy) is 2. The summed E-state index contributed by atoms with van der Waals surface area (Å²) in [7, 11) is 1.47. The van der Waals surface area contributed by atoms with Crippen molar-refractivity contribution < 1.29 is 24.2 Å². The molecule has 0 radical (unpaired) electrons. The number of rotatable bonds is 9. The largest absolute Gasteiger partial charge is 0.493 e. The first kappa shape index (κ1) is 23.0. The summed E-state index contributed by atoms with van der Waals surface area (Å²) in [5.74, 6) is 1.80. The molecule has 1 aromatic carbocycles. The standard InChI is InChI=1S/C22H26ClN3O5/c1-12(2)5-18-13(3)6-15(9-24-18)22-25-21(26-31-22)14-7-17(23)20(19(8-14)29-4)30-11-16(28)10-27/h6-9,12,16,27-28H,5,10-11H2,1-4H3/t16-/m0/s1. The maximum atomic E-state index is 9.50. The van der Waals surface area contributed by atoms with Crippen LogP contribution in [0.2, 0.25) is 5.02 Å². The highest BCUT2D eigenvalue weighted by Gasteiger charge is 2.18. The van der Waals surface area contributed by atoms with E-state index in [1.54, 1.807) is 18.3 Å². The number of hydrogen-bond donors (Lipinski definition) is 2. The van der Waals surface area contributed by atoms with Crippen LogP contribution in [0, 0.1) is 12.8 Å².